The first-order valence-electron chi connectivity index (χ1n) is 9.86. The second kappa shape index (κ2) is 8.67. The maximum atomic E-state index is 13.0. The number of methoxy groups -OCH3 is 1. The Morgan fingerprint density at radius 3 is 2.60 bits per heavy atom. The van der Waals surface area contributed by atoms with Gasteiger partial charge in [0.25, 0.3) is 5.91 Å². The quantitative estimate of drug-likeness (QED) is 0.622. The Labute approximate surface area is 179 Å². The van der Waals surface area contributed by atoms with Gasteiger partial charge in [0, 0.05) is 16.1 Å². The van der Waals surface area contributed by atoms with Crippen molar-refractivity contribution in [2.24, 2.45) is 0 Å². The molecule has 154 valence electrons. The highest BCUT2D eigenvalue weighted by Crippen LogP contribution is 2.37. The van der Waals surface area contributed by atoms with Crippen molar-refractivity contribution in [3.63, 3.8) is 0 Å². The smallest absolute Gasteiger partial charge is 0.257 e. The van der Waals surface area contributed by atoms with Gasteiger partial charge in [0.15, 0.2) is 5.13 Å². The van der Waals surface area contributed by atoms with Gasteiger partial charge in [-0.2, -0.15) is 0 Å². The molecule has 1 unspecified atom stereocenters. The summed E-state index contributed by atoms with van der Waals surface area (Å²) in [6.45, 7) is 1.97. The predicted molar refractivity (Wildman–Crippen MR) is 119 cm³/mol. The van der Waals surface area contributed by atoms with Crippen molar-refractivity contribution in [3.05, 3.63) is 70.2 Å². The third-order valence-corrected chi connectivity index (χ3v) is 6.29. The molecule has 6 nitrogen and oxygen atoms in total. The lowest BCUT2D eigenvalue weighted by Crippen LogP contribution is -2.25. The SMILES string of the molecule is COc1ccc(C(=O)Nc2nc3c(s2)CCCC3C(=O)Nc2ccccc2C)cc1. The molecule has 3 aromatic rings. The summed E-state index contributed by atoms with van der Waals surface area (Å²) in [6, 6.07) is 14.6. The van der Waals surface area contributed by atoms with E-state index in [0.29, 0.717) is 16.4 Å². The molecule has 1 atom stereocenters. The number of thiazole rings is 1. The third kappa shape index (κ3) is 4.21. The number of aromatic nitrogens is 1. The van der Waals surface area contributed by atoms with E-state index in [1.807, 2.05) is 31.2 Å². The number of amides is 2. The Morgan fingerprint density at radius 1 is 1.10 bits per heavy atom. The number of benzene rings is 2. The van der Waals surface area contributed by atoms with Gasteiger partial charge in [0.2, 0.25) is 5.91 Å². The lowest BCUT2D eigenvalue weighted by Gasteiger charge is -2.20. The van der Waals surface area contributed by atoms with Crippen molar-refractivity contribution in [2.45, 2.75) is 32.1 Å². The van der Waals surface area contributed by atoms with Gasteiger partial charge in [-0.05, 0) is 62.1 Å². The summed E-state index contributed by atoms with van der Waals surface area (Å²) in [5, 5.41) is 6.43. The number of hydrogen-bond acceptors (Lipinski definition) is 5. The van der Waals surface area contributed by atoms with E-state index in [1.165, 1.54) is 11.3 Å². The number of nitrogens with zero attached hydrogens (tertiary/aromatic N) is 1. The minimum Gasteiger partial charge on any atom is -0.497 e. The second-order valence-corrected chi connectivity index (χ2v) is 8.34. The minimum absolute atomic E-state index is 0.0522. The molecule has 0 saturated carbocycles. The summed E-state index contributed by atoms with van der Waals surface area (Å²) >= 11 is 1.45. The molecule has 1 aliphatic rings. The molecular formula is C23H23N3O3S. The first-order chi connectivity index (χ1) is 14.5. The zero-order chi connectivity index (χ0) is 21.1. The number of nitrogens with one attached hydrogen (secondary N) is 2. The molecular weight excluding hydrogens is 398 g/mol. The molecule has 0 bridgehead atoms. The van der Waals surface area contributed by atoms with Crippen LogP contribution in [0.3, 0.4) is 0 Å². The largest absolute Gasteiger partial charge is 0.497 e. The van der Waals surface area contributed by atoms with Crippen LogP contribution in [0, 0.1) is 6.92 Å². The van der Waals surface area contributed by atoms with Crippen LogP contribution in [0.25, 0.3) is 0 Å². The minimum atomic E-state index is -0.309. The number of hydrogen-bond donors (Lipinski definition) is 2. The molecule has 1 aromatic heterocycles. The zero-order valence-corrected chi connectivity index (χ0v) is 17.7. The van der Waals surface area contributed by atoms with Crippen molar-refractivity contribution >= 4 is 34.0 Å². The number of ether oxygens (including phenoxy) is 1. The van der Waals surface area contributed by atoms with Crippen LogP contribution in [-0.2, 0) is 11.2 Å². The molecule has 0 saturated heterocycles. The Balaban J connectivity index is 1.50. The number of aryl methyl sites for hydroxylation is 2. The molecule has 0 radical (unpaired) electrons. The van der Waals surface area contributed by atoms with E-state index in [0.717, 1.165) is 41.1 Å². The van der Waals surface area contributed by atoms with Gasteiger partial charge in [-0.1, -0.05) is 18.2 Å². The summed E-state index contributed by atoms with van der Waals surface area (Å²) in [4.78, 5) is 31.2. The van der Waals surface area contributed by atoms with Gasteiger partial charge in [-0.25, -0.2) is 4.98 Å². The maximum absolute atomic E-state index is 13.0. The first-order valence-corrected chi connectivity index (χ1v) is 10.7. The highest BCUT2D eigenvalue weighted by Gasteiger charge is 2.31. The van der Waals surface area contributed by atoms with E-state index in [4.69, 9.17) is 4.74 Å². The monoisotopic (exact) mass is 421 g/mol. The summed E-state index contributed by atoms with van der Waals surface area (Å²) in [5.41, 5.74) is 3.14. The van der Waals surface area contributed by atoms with Crippen molar-refractivity contribution in [3.8, 4) is 5.75 Å². The highest BCUT2D eigenvalue weighted by atomic mass is 32.1. The first kappa shape index (κ1) is 20.1. The van der Waals surface area contributed by atoms with E-state index in [1.54, 1.807) is 31.4 Å². The van der Waals surface area contributed by atoms with Gasteiger partial charge in [0.1, 0.15) is 5.75 Å². The fraction of sp³-hybridized carbons (Fsp3) is 0.261. The van der Waals surface area contributed by atoms with Crippen LogP contribution >= 0.6 is 11.3 Å². The Kier molecular flexibility index (Phi) is 5.81. The van der Waals surface area contributed by atoms with Crippen LogP contribution < -0.4 is 15.4 Å². The number of anilines is 2. The fourth-order valence-electron chi connectivity index (χ4n) is 3.57. The molecule has 1 heterocycles. The molecule has 2 aromatic carbocycles. The molecule has 0 aliphatic heterocycles. The Hall–Kier alpha value is -3.19. The molecule has 30 heavy (non-hydrogen) atoms. The number of carbonyl (C=O) groups is 2. The van der Waals surface area contributed by atoms with Gasteiger partial charge >= 0.3 is 0 Å². The van der Waals surface area contributed by atoms with E-state index < -0.39 is 0 Å². The van der Waals surface area contributed by atoms with Crippen LogP contribution in [0.2, 0.25) is 0 Å². The van der Waals surface area contributed by atoms with Crippen LogP contribution in [0.1, 0.15) is 45.3 Å². The van der Waals surface area contributed by atoms with E-state index >= 15 is 0 Å². The van der Waals surface area contributed by atoms with Crippen LogP contribution in [0.15, 0.2) is 48.5 Å². The summed E-state index contributed by atoms with van der Waals surface area (Å²) < 4.78 is 5.13. The lowest BCUT2D eigenvalue weighted by atomic mass is 9.90. The predicted octanol–water partition coefficient (Wildman–Crippen LogP) is 4.77. The maximum Gasteiger partial charge on any atom is 0.257 e. The van der Waals surface area contributed by atoms with Crippen molar-refractivity contribution < 1.29 is 14.3 Å². The molecule has 2 N–H and O–H groups in total. The third-order valence-electron chi connectivity index (χ3n) is 5.25. The van der Waals surface area contributed by atoms with Crippen molar-refractivity contribution in [1.82, 2.24) is 4.98 Å². The van der Waals surface area contributed by atoms with Gasteiger partial charge in [-0.15, -0.1) is 11.3 Å². The van der Waals surface area contributed by atoms with Crippen LogP contribution in [-0.4, -0.2) is 23.9 Å². The number of rotatable bonds is 5. The van der Waals surface area contributed by atoms with Crippen LogP contribution in [0.4, 0.5) is 10.8 Å². The van der Waals surface area contributed by atoms with E-state index in [-0.39, 0.29) is 17.7 Å². The fourth-order valence-corrected chi connectivity index (χ4v) is 4.63. The van der Waals surface area contributed by atoms with Crippen LogP contribution in [0.5, 0.6) is 5.75 Å². The molecule has 0 fully saturated rings. The molecule has 1 aliphatic carbocycles. The standard InChI is InChI=1S/C23H23N3O3S/c1-14-6-3-4-8-18(14)24-22(28)17-7-5-9-19-20(17)25-23(30-19)26-21(27)15-10-12-16(29-2)13-11-15/h3-4,6,8,10-13,17H,5,7,9H2,1-2H3,(H,24,28)(H,25,26,27). The Morgan fingerprint density at radius 2 is 1.87 bits per heavy atom. The molecule has 7 heteroatoms. The van der Waals surface area contributed by atoms with Gasteiger partial charge in [-0.3, -0.25) is 14.9 Å². The normalized spacial score (nSPS) is 15.2. The van der Waals surface area contributed by atoms with E-state index in [2.05, 4.69) is 15.6 Å². The summed E-state index contributed by atoms with van der Waals surface area (Å²) in [6.07, 6.45) is 2.55. The molecule has 4 rings (SSSR count). The van der Waals surface area contributed by atoms with Gasteiger partial charge in [0.05, 0.1) is 18.7 Å². The Bertz CT molecular complexity index is 1080. The van der Waals surface area contributed by atoms with Crippen molar-refractivity contribution in [2.75, 3.05) is 17.7 Å². The highest BCUT2D eigenvalue weighted by molar-refractivity contribution is 7.16. The molecule has 2 amide bonds. The second-order valence-electron chi connectivity index (χ2n) is 7.26. The summed E-state index contributed by atoms with van der Waals surface area (Å²) in [5.74, 6) is 0.100. The van der Waals surface area contributed by atoms with Gasteiger partial charge < -0.3 is 10.1 Å². The zero-order valence-electron chi connectivity index (χ0n) is 16.9. The topological polar surface area (TPSA) is 80.3 Å². The number of fused-ring (bicyclic) bond motifs is 1. The number of para-hydroxylation sites is 1. The number of carbonyl (C=O) groups excluding carboxylic acids is 2. The molecule has 0 spiro atoms. The average Bonchev–Trinajstić information content (AvgIpc) is 3.17. The average molecular weight is 422 g/mol. The summed E-state index contributed by atoms with van der Waals surface area (Å²) in [7, 11) is 1.58. The van der Waals surface area contributed by atoms with E-state index in [9.17, 15) is 9.59 Å². The van der Waals surface area contributed by atoms with Crippen molar-refractivity contribution in [1.29, 1.82) is 0 Å². The lowest BCUT2D eigenvalue weighted by molar-refractivity contribution is -0.117.